The summed E-state index contributed by atoms with van der Waals surface area (Å²) >= 11 is 0. The summed E-state index contributed by atoms with van der Waals surface area (Å²) in [4.78, 5) is 40.5. The number of carbonyl (C=O) groups excluding carboxylic acids is 3. The molecule has 0 spiro atoms. The molecule has 11 nitrogen and oxygen atoms in total. The number of carbonyl (C=O) groups is 3. The number of allylic oxidation sites excluding steroid dienone is 1. The van der Waals surface area contributed by atoms with Gasteiger partial charge < -0.3 is 19.8 Å². The molecule has 4 aromatic rings. The molecule has 1 saturated heterocycles. The number of hydrogen-bond acceptors (Lipinski definition) is 8. The van der Waals surface area contributed by atoms with E-state index in [0.29, 0.717) is 35.6 Å². The van der Waals surface area contributed by atoms with E-state index in [2.05, 4.69) is 10.3 Å². The maximum Gasteiger partial charge on any atom is 0.304 e. The third kappa shape index (κ3) is 6.19. The van der Waals surface area contributed by atoms with E-state index in [0.717, 1.165) is 11.1 Å². The molecule has 0 radical (unpaired) electrons. The summed E-state index contributed by atoms with van der Waals surface area (Å²) in [5, 5.41) is 30.4. The van der Waals surface area contributed by atoms with Gasteiger partial charge in [-0.2, -0.15) is 0 Å². The number of anilines is 2. The van der Waals surface area contributed by atoms with E-state index >= 15 is 0 Å². The summed E-state index contributed by atoms with van der Waals surface area (Å²) in [6.45, 7) is 3.82. The first-order valence-corrected chi connectivity index (χ1v) is 15.6. The van der Waals surface area contributed by atoms with Gasteiger partial charge in [0.05, 0.1) is 36.9 Å². The molecule has 2 N–H and O–H groups in total. The fourth-order valence-corrected chi connectivity index (χ4v) is 6.27. The number of nitrogens with zero attached hydrogens (tertiary/aromatic N) is 5. The van der Waals surface area contributed by atoms with Gasteiger partial charge in [0.15, 0.2) is 11.8 Å². The SMILES string of the molecule is CC(=O)OC1CC(=O)N1c1ccc(CN2C(=O)[C@@](O)([C@@H](C)/C=C/CCn3cc(C(CO)c4ccccc4)nn3)c3ccccc32)cc1. The van der Waals surface area contributed by atoms with Crippen LogP contribution in [0.25, 0.3) is 0 Å². The van der Waals surface area contributed by atoms with Gasteiger partial charge in [0.2, 0.25) is 5.91 Å². The predicted molar refractivity (Wildman–Crippen MR) is 174 cm³/mol. The summed E-state index contributed by atoms with van der Waals surface area (Å²) in [6.07, 6.45) is 5.75. The molecule has 1 aromatic heterocycles. The van der Waals surface area contributed by atoms with Gasteiger partial charge in [-0.25, -0.2) is 0 Å². The van der Waals surface area contributed by atoms with Crippen LogP contribution in [0.5, 0.6) is 0 Å². The van der Waals surface area contributed by atoms with Crippen molar-refractivity contribution in [3.63, 3.8) is 0 Å². The summed E-state index contributed by atoms with van der Waals surface area (Å²) in [6, 6.07) is 24.1. The van der Waals surface area contributed by atoms with Gasteiger partial charge >= 0.3 is 5.97 Å². The standard InChI is InChI=1S/C36H37N5O6/c1-24(10-8-9-19-39-22-31(37-38-39)29(23-42)27-11-4-3-5-12-27)36(46)30-13-6-7-14-32(30)40(35(36)45)21-26-15-17-28(18-16-26)41-33(44)20-34(41)47-25(2)43/h3-8,10-18,22,24,29,34,42,46H,9,19-21,23H2,1-2H3/b10-8+/t24-,29?,34?,36+/m0/s1. The van der Waals surface area contributed by atoms with Crippen molar-refractivity contribution >= 4 is 29.2 Å². The summed E-state index contributed by atoms with van der Waals surface area (Å²) in [5.41, 5.74) is 2.51. The van der Waals surface area contributed by atoms with Crippen molar-refractivity contribution in [2.75, 3.05) is 16.4 Å². The average Bonchev–Trinajstić information content (AvgIpc) is 3.62. The van der Waals surface area contributed by atoms with E-state index in [9.17, 15) is 24.6 Å². The lowest BCUT2D eigenvalue weighted by Crippen LogP contribution is -2.54. The number of ether oxygens (including phenoxy) is 1. The van der Waals surface area contributed by atoms with E-state index in [4.69, 9.17) is 4.74 Å². The van der Waals surface area contributed by atoms with Crippen molar-refractivity contribution in [2.24, 2.45) is 5.92 Å². The van der Waals surface area contributed by atoms with Crippen molar-refractivity contribution in [3.8, 4) is 0 Å². The van der Waals surface area contributed by atoms with E-state index in [1.807, 2.05) is 85.9 Å². The van der Waals surface area contributed by atoms with Crippen LogP contribution >= 0.6 is 0 Å². The number of aryl methyl sites for hydroxylation is 1. The van der Waals surface area contributed by atoms with Crippen LogP contribution < -0.4 is 9.80 Å². The number of hydrogen-bond donors (Lipinski definition) is 2. The van der Waals surface area contributed by atoms with Crippen LogP contribution in [0.4, 0.5) is 11.4 Å². The second kappa shape index (κ2) is 13.3. The maximum atomic E-state index is 13.9. The number of esters is 1. The lowest BCUT2D eigenvalue weighted by Gasteiger charge is -2.39. The topological polar surface area (TPSA) is 138 Å². The first-order valence-electron chi connectivity index (χ1n) is 15.6. The number of aliphatic hydroxyl groups excluding tert-OH is 1. The van der Waals surface area contributed by atoms with Crippen molar-refractivity contribution in [3.05, 3.63) is 120 Å². The predicted octanol–water partition coefficient (Wildman–Crippen LogP) is 4.05. The number of benzene rings is 3. The molecule has 0 bridgehead atoms. The van der Waals surface area contributed by atoms with Gasteiger partial charge in [-0.15, -0.1) is 5.10 Å². The maximum absolute atomic E-state index is 13.9. The average molecular weight is 636 g/mol. The second-order valence-corrected chi connectivity index (χ2v) is 11.9. The molecular formula is C36H37N5O6. The van der Waals surface area contributed by atoms with Crippen molar-refractivity contribution in [1.82, 2.24) is 15.0 Å². The van der Waals surface area contributed by atoms with Gasteiger partial charge in [-0.3, -0.25) is 24.0 Å². The number of aliphatic hydroxyl groups is 2. The van der Waals surface area contributed by atoms with Gasteiger partial charge in [0, 0.05) is 36.8 Å². The van der Waals surface area contributed by atoms with Gasteiger partial charge in [0.1, 0.15) is 0 Å². The van der Waals surface area contributed by atoms with Crippen molar-refractivity contribution < 1.29 is 29.3 Å². The molecule has 242 valence electrons. The molecule has 6 rings (SSSR count). The smallest absolute Gasteiger partial charge is 0.304 e. The monoisotopic (exact) mass is 635 g/mol. The Labute approximate surface area is 272 Å². The second-order valence-electron chi connectivity index (χ2n) is 11.9. The molecule has 2 amide bonds. The Morgan fingerprint density at radius 2 is 1.79 bits per heavy atom. The molecule has 0 aliphatic carbocycles. The van der Waals surface area contributed by atoms with Gasteiger partial charge in [0.25, 0.3) is 5.91 Å². The number of aromatic nitrogens is 3. The lowest BCUT2D eigenvalue weighted by molar-refractivity contribution is -0.153. The molecule has 1 fully saturated rings. The first kappa shape index (κ1) is 31.8. The number of β-lactam (4-membered cyclic amide) rings is 1. The minimum Gasteiger partial charge on any atom is -0.441 e. The molecule has 3 heterocycles. The van der Waals surface area contributed by atoms with E-state index in [-0.39, 0.29) is 31.4 Å². The molecule has 2 aliphatic rings. The Hall–Kier alpha value is -5.13. The van der Waals surface area contributed by atoms with Gasteiger partial charge in [-0.05, 0) is 35.7 Å². The zero-order valence-electron chi connectivity index (χ0n) is 26.3. The normalized spacial score (nSPS) is 20.3. The minimum atomic E-state index is -1.75. The van der Waals surface area contributed by atoms with Crippen LogP contribution in [0.2, 0.25) is 0 Å². The summed E-state index contributed by atoms with van der Waals surface area (Å²) < 4.78 is 6.94. The highest BCUT2D eigenvalue weighted by Crippen LogP contribution is 2.45. The molecule has 3 aromatic carbocycles. The van der Waals surface area contributed by atoms with Crippen LogP contribution in [0.3, 0.4) is 0 Å². The number of rotatable bonds is 12. The van der Waals surface area contributed by atoms with Crippen LogP contribution in [-0.4, -0.2) is 55.8 Å². The van der Waals surface area contributed by atoms with Crippen molar-refractivity contribution in [2.45, 2.75) is 57.5 Å². The molecule has 11 heteroatoms. The zero-order valence-corrected chi connectivity index (χ0v) is 26.3. The van der Waals surface area contributed by atoms with E-state index < -0.39 is 29.6 Å². The molecular weight excluding hydrogens is 598 g/mol. The first-order chi connectivity index (χ1) is 22.7. The zero-order chi connectivity index (χ0) is 33.1. The van der Waals surface area contributed by atoms with Crippen LogP contribution in [0.15, 0.2) is 97.2 Å². The number of fused-ring (bicyclic) bond motifs is 1. The highest BCUT2D eigenvalue weighted by Gasteiger charge is 2.52. The third-order valence-electron chi connectivity index (χ3n) is 8.85. The molecule has 0 saturated carbocycles. The highest BCUT2D eigenvalue weighted by molar-refractivity contribution is 6.07. The fraction of sp³-hybridized carbons (Fsp3) is 0.306. The Balaban J connectivity index is 1.11. The quantitative estimate of drug-likeness (QED) is 0.135. The van der Waals surface area contributed by atoms with Gasteiger partial charge in [-0.1, -0.05) is 85.0 Å². The van der Waals surface area contributed by atoms with E-state index in [1.54, 1.807) is 27.8 Å². The Kier molecular flexibility index (Phi) is 9.01. The number of amides is 2. The Morgan fingerprint density at radius 1 is 1.06 bits per heavy atom. The third-order valence-corrected chi connectivity index (χ3v) is 8.85. The minimum absolute atomic E-state index is 0.0752. The van der Waals surface area contributed by atoms with Crippen LogP contribution in [0.1, 0.15) is 55.0 Å². The fourth-order valence-electron chi connectivity index (χ4n) is 6.27. The summed E-state index contributed by atoms with van der Waals surface area (Å²) in [7, 11) is 0. The highest BCUT2D eigenvalue weighted by atomic mass is 16.6. The largest absolute Gasteiger partial charge is 0.441 e. The molecule has 4 atom stereocenters. The Bertz CT molecular complexity index is 1790. The van der Waals surface area contributed by atoms with Crippen molar-refractivity contribution in [1.29, 1.82) is 0 Å². The van der Waals surface area contributed by atoms with E-state index in [1.165, 1.54) is 11.8 Å². The summed E-state index contributed by atoms with van der Waals surface area (Å²) in [5.74, 6) is -1.78. The molecule has 2 unspecified atom stereocenters. The number of para-hydroxylation sites is 1. The van der Waals surface area contributed by atoms with Crippen LogP contribution in [0, 0.1) is 5.92 Å². The lowest BCUT2D eigenvalue weighted by atomic mass is 9.83. The Morgan fingerprint density at radius 3 is 2.49 bits per heavy atom. The molecule has 47 heavy (non-hydrogen) atoms. The molecule has 2 aliphatic heterocycles. The van der Waals surface area contributed by atoms with Crippen LogP contribution in [-0.2, 0) is 37.8 Å².